The van der Waals surface area contributed by atoms with E-state index in [1.54, 1.807) is 12.1 Å². The van der Waals surface area contributed by atoms with Gasteiger partial charge in [0.05, 0.1) is 18.5 Å². The molecule has 2 aliphatic rings. The Balaban J connectivity index is 1.45. The summed E-state index contributed by atoms with van der Waals surface area (Å²) < 4.78 is 10.9. The number of carbonyl (C=O) groups is 4. The van der Waals surface area contributed by atoms with Crippen LogP contribution in [0.3, 0.4) is 0 Å². The van der Waals surface area contributed by atoms with Crippen molar-refractivity contribution in [3.63, 3.8) is 0 Å². The minimum atomic E-state index is -1.72. The summed E-state index contributed by atoms with van der Waals surface area (Å²) in [4.78, 5) is 50.7. The van der Waals surface area contributed by atoms with Gasteiger partial charge in [0.1, 0.15) is 17.4 Å². The number of hydrogen-bond donors (Lipinski definition) is 4. The van der Waals surface area contributed by atoms with E-state index < -0.39 is 48.2 Å². The van der Waals surface area contributed by atoms with Crippen LogP contribution in [0.2, 0.25) is 0 Å². The number of aromatic hydroxyl groups is 1. The Hall–Kier alpha value is -3.14. The standard InChI is InChI=1S/C35H54N2O8/c1-22(2)15-12-10-8-6-5-7-9-11-13-18-29(39)36-26-21-30(40)45-33(26)32(41)34(42)37-25(19-23(3)4)28-20-24-16-14-17-27(38)31(24)35(43)44-28/h14,16-17,22-23,25-26,28,32-33,38,41H,5-13,15,18-21H2,1-4H3,(H,36,39)(H,37,42)/t25-,26-,28-,32-,33-/m0/s1. The number of amides is 2. The van der Waals surface area contributed by atoms with Crippen molar-refractivity contribution in [2.24, 2.45) is 11.8 Å². The average molecular weight is 631 g/mol. The van der Waals surface area contributed by atoms with Crippen molar-refractivity contribution < 1.29 is 38.9 Å². The number of unbranched alkanes of at least 4 members (excludes halogenated alkanes) is 8. The first-order chi connectivity index (χ1) is 21.5. The van der Waals surface area contributed by atoms with Gasteiger partial charge in [0.25, 0.3) is 5.91 Å². The molecule has 0 bridgehead atoms. The quantitative estimate of drug-likeness (QED) is 0.122. The van der Waals surface area contributed by atoms with Crippen molar-refractivity contribution in [1.82, 2.24) is 10.6 Å². The predicted molar refractivity (Wildman–Crippen MR) is 170 cm³/mol. The van der Waals surface area contributed by atoms with Gasteiger partial charge in [0, 0.05) is 12.8 Å². The molecule has 0 radical (unpaired) electrons. The number of fused-ring (bicyclic) bond motifs is 1. The third-order valence-electron chi connectivity index (χ3n) is 8.68. The smallest absolute Gasteiger partial charge is 0.342 e. The van der Waals surface area contributed by atoms with Gasteiger partial charge in [0.2, 0.25) is 5.91 Å². The Labute approximate surface area is 268 Å². The Morgan fingerprint density at radius 3 is 2.18 bits per heavy atom. The van der Waals surface area contributed by atoms with Gasteiger partial charge in [-0.05, 0) is 36.3 Å². The van der Waals surface area contributed by atoms with E-state index in [-0.39, 0.29) is 36.0 Å². The number of benzene rings is 1. The highest BCUT2D eigenvalue weighted by Crippen LogP contribution is 2.30. The lowest BCUT2D eigenvalue weighted by Gasteiger charge is -2.34. The Bertz CT molecular complexity index is 1140. The summed E-state index contributed by atoms with van der Waals surface area (Å²) in [6, 6.07) is 3.33. The highest BCUT2D eigenvalue weighted by molar-refractivity contribution is 5.95. The zero-order chi connectivity index (χ0) is 32.9. The van der Waals surface area contributed by atoms with Gasteiger partial charge in [-0.3, -0.25) is 14.4 Å². The topological polar surface area (TPSA) is 151 Å². The van der Waals surface area contributed by atoms with Crippen molar-refractivity contribution in [1.29, 1.82) is 0 Å². The van der Waals surface area contributed by atoms with E-state index in [9.17, 15) is 29.4 Å². The molecular weight excluding hydrogens is 576 g/mol. The van der Waals surface area contributed by atoms with Crippen molar-refractivity contribution in [2.45, 2.75) is 148 Å². The molecule has 45 heavy (non-hydrogen) atoms. The number of cyclic esters (lactones) is 2. The summed E-state index contributed by atoms with van der Waals surface area (Å²) in [5, 5.41) is 26.6. The van der Waals surface area contributed by atoms with Crippen LogP contribution in [-0.4, -0.2) is 64.4 Å². The first-order valence-electron chi connectivity index (χ1n) is 16.9. The number of ether oxygens (including phenoxy) is 2. The number of esters is 2. The molecule has 0 aliphatic carbocycles. The van der Waals surface area contributed by atoms with Gasteiger partial charge in [0.15, 0.2) is 12.2 Å². The van der Waals surface area contributed by atoms with Gasteiger partial charge >= 0.3 is 11.9 Å². The fourth-order valence-electron chi connectivity index (χ4n) is 6.25. The molecule has 5 atom stereocenters. The maximum atomic E-state index is 13.2. The minimum absolute atomic E-state index is 0.114. The predicted octanol–water partition coefficient (Wildman–Crippen LogP) is 5.11. The molecule has 1 aromatic carbocycles. The Morgan fingerprint density at radius 2 is 1.53 bits per heavy atom. The number of aliphatic hydroxyl groups excluding tert-OH is 1. The van der Waals surface area contributed by atoms with Crippen LogP contribution in [0.25, 0.3) is 0 Å². The van der Waals surface area contributed by atoms with Crippen molar-refractivity contribution >= 4 is 23.8 Å². The third kappa shape index (κ3) is 11.6. The molecule has 4 N–H and O–H groups in total. The molecule has 2 heterocycles. The highest BCUT2D eigenvalue weighted by atomic mass is 16.6. The van der Waals surface area contributed by atoms with E-state index in [1.165, 1.54) is 44.6 Å². The lowest BCUT2D eigenvalue weighted by Crippen LogP contribution is -2.56. The van der Waals surface area contributed by atoms with Crippen LogP contribution in [0.1, 0.15) is 127 Å². The van der Waals surface area contributed by atoms with Gasteiger partial charge in [-0.1, -0.05) is 97.6 Å². The number of aliphatic hydroxyl groups is 1. The summed E-state index contributed by atoms with van der Waals surface area (Å²) in [6.07, 6.45) is 8.82. The van der Waals surface area contributed by atoms with Crippen molar-refractivity contribution in [2.75, 3.05) is 0 Å². The van der Waals surface area contributed by atoms with Crippen LogP contribution < -0.4 is 10.6 Å². The molecule has 0 saturated carbocycles. The summed E-state index contributed by atoms with van der Waals surface area (Å²) >= 11 is 0. The van der Waals surface area contributed by atoms with E-state index in [0.29, 0.717) is 18.4 Å². The SMILES string of the molecule is CC(C)CCCCCCCCCCCC(=O)N[C@H]1CC(=O)O[C@@H]1[C@H](O)C(=O)N[C@@H](CC(C)C)[C@@H]1Cc2cccc(O)c2C(=O)O1. The van der Waals surface area contributed by atoms with E-state index in [0.717, 1.165) is 31.6 Å². The minimum Gasteiger partial charge on any atom is -0.507 e. The molecule has 0 unspecified atom stereocenters. The van der Waals surface area contributed by atoms with Gasteiger partial charge in [-0.25, -0.2) is 4.79 Å². The monoisotopic (exact) mass is 630 g/mol. The summed E-state index contributed by atoms with van der Waals surface area (Å²) in [5.74, 6) is -1.56. The second kappa shape index (κ2) is 18.1. The molecular formula is C35H54N2O8. The second-order valence-electron chi connectivity index (χ2n) is 13.6. The lowest BCUT2D eigenvalue weighted by atomic mass is 9.90. The van der Waals surface area contributed by atoms with E-state index >= 15 is 0 Å². The molecule has 10 nitrogen and oxygen atoms in total. The number of phenols is 1. The molecule has 0 spiro atoms. The highest BCUT2D eigenvalue weighted by Gasteiger charge is 2.44. The van der Waals surface area contributed by atoms with E-state index in [1.807, 2.05) is 13.8 Å². The second-order valence-corrected chi connectivity index (χ2v) is 13.6. The molecule has 1 aromatic rings. The summed E-state index contributed by atoms with van der Waals surface area (Å²) in [6.45, 7) is 8.44. The fraction of sp³-hybridized carbons (Fsp3) is 0.714. The van der Waals surface area contributed by atoms with Gasteiger partial charge in [-0.2, -0.15) is 0 Å². The maximum absolute atomic E-state index is 13.2. The first-order valence-corrected chi connectivity index (χ1v) is 16.9. The van der Waals surface area contributed by atoms with Crippen LogP contribution >= 0.6 is 0 Å². The molecule has 1 saturated heterocycles. The first kappa shape index (κ1) is 36.3. The number of phenolic OH excluding ortho intramolecular Hbond substituents is 1. The molecule has 1 fully saturated rings. The van der Waals surface area contributed by atoms with E-state index in [4.69, 9.17) is 9.47 Å². The number of hydrogen-bond acceptors (Lipinski definition) is 8. The molecule has 2 aliphatic heterocycles. The molecule has 3 rings (SSSR count). The molecule has 0 aromatic heterocycles. The van der Waals surface area contributed by atoms with Crippen LogP contribution in [0.15, 0.2) is 18.2 Å². The number of rotatable bonds is 19. The zero-order valence-corrected chi connectivity index (χ0v) is 27.5. The van der Waals surface area contributed by atoms with Crippen LogP contribution in [0.5, 0.6) is 5.75 Å². The normalized spacial score (nSPS) is 20.8. The Kier molecular flexibility index (Phi) is 14.6. The molecule has 2 amide bonds. The van der Waals surface area contributed by atoms with Crippen LogP contribution in [-0.2, 0) is 30.3 Å². The maximum Gasteiger partial charge on any atom is 0.342 e. The fourth-order valence-corrected chi connectivity index (χ4v) is 6.25. The third-order valence-corrected chi connectivity index (χ3v) is 8.68. The van der Waals surface area contributed by atoms with Crippen LogP contribution in [0.4, 0.5) is 0 Å². The average Bonchev–Trinajstić information content (AvgIpc) is 3.33. The Morgan fingerprint density at radius 1 is 0.889 bits per heavy atom. The van der Waals surface area contributed by atoms with Gasteiger partial charge in [-0.15, -0.1) is 0 Å². The van der Waals surface area contributed by atoms with E-state index in [2.05, 4.69) is 24.5 Å². The van der Waals surface area contributed by atoms with Crippen molar-refractivity contribution in [3.05, 3.63) is 29.3 Å². The van der Waals surface area contributed by atoms with Crippen molar-refractivity contribution in [3.8, 4) is 5.75 Å². The summed E-state index contributed by atoms with van der Waals surface area (Å²) in [5.41, 5.74) is 0.725. The number of nitrogens with one attached hydrogen (secondary N) is 2. The molecule has 252 valence electrons. The zero-order valence-electron chi connectivity index (χ0n) is 27.5. The summed E-state index contributed by atoms with van der Waals surface area (Å²) in [7, 11) is 0. The lowest BCUT2D eigenvalue weighted by molar-refractivity contribution is -0.151. The molecule has 10 heteroatoms. The largest absolute Gasteiger partial charge is 0.507 e. The van der Waals surface area contributed by atoms with Gasteiger partial charge < -0.3 is 30.3 Å². The number of carbonyl (C=O) groups excluding carboxylic acids is 4. The van der Waals surface area contributed by atoms with Crippen LogP contribution in [0, 0.1) is 11.8 Å².